The Morgan fingerprint density at radius 3 is 1.94 bits per heavy atom. The quantitative estimate of drug-likeness (QED) is 0.481. The molecular formula is C11H15NO6. The summed E-state index contributed by atoms with van der Waals surface area (Å²) in [5, 5.41) is 48.3. The van der Waals surface area contributed by atoms with E-state index in [1.54, 1.807) is 0 Å². The van der Waals surface area contributed by atoms with E-state index in [2.05, 4.69) is 0 Å². The number of hydrogen-bond acceptors (Lipinski definition) is 6. The SMILES string of the molecule is OCCCn1c(O)c2c(c1O)[C@@H]1OC2C(O)[C@@H]1O. The standard InChI is InChI=1S/C11H15NO6/c13-3-1-2-12-10(16)4-5(11(12)17)9-7(15)6(14)8(4)18-9/h6-9,13-17H,1-3H2/t6-,7?,8-,9?/m0/s1. The number of aromatic hydroxyl groups is 2. The number of fused-ring (bicyclic) bond motifs is 5. The van der Waals surface area contributed by atoms with Crippen LogP contribution in [0.4, 0.5) is 0 Å². The number of hydrogen-bond donors (Lipinski definition) is 5. The third kappa shape index (κ3) is 1.27. The Morgan fingerprint density at radius 2 is 1.50 bits per heavy atom. The maximum absolute atomic E-state index is 10.0. The molecule has 5 N–H and O–H groups in total. The first-order valence-corrected chi connectivity index (χ1v) is 5.84. The summed E-state index contributed by atoms with van der Waals surface area (Å²) < 4.78 is 6.60. The third-order valence-electron chi connectivity index (χ3n) is 3.66. The molecule has 0 aliphatic carbocycles. The Labute approximate surface area is 102 Å². The van der Waals surface area contributed by atoms with E-state index in [9.17, 15) is 20.4 Å². The second-order valence-electron chi connectivity index (χ2n) is 4.66. The minimum absolute atomic E-state index is 0.0592. The van der Waals surface area contributed by atoms with Crippen LogP contribution in [0.1, 0.15) is 29.8 Å². The van der Waals surface area contributed by atoms with Crippen molar-refractivity contribution in [1.29, 1.82) is 0 Å². The molecule has 0 aromatic carbocycles. The van der Waals surface area contributed by atoms with Crippen LogP contribution in [0, 0.1) is 0 Å². The van der Waals surface area contributed by atoms with E-state index >= 15 is 0 Å². The van der Waals surface area contributed by atoms with Crippen LogP contribution < -0.4 is 0 Å². The van der Waals surface area contributed by atoms with Gasteiger partial charge in [0.15, 0.2) is 11.8 Å². The van der Waals surface area contributed by atoms with Gasteiger partial charge >= 0.3 is 0 Å². The Hall–Kier alpha value is -1.28. The summed E-state index contributed by atoms with van der Waals surface area (Å²) in [5.74, 6) is -0.344. The van der Waals surface area contributed by atoms with E-state index in [1.165, 1.54) is 4.57 Å². The van der Waals surface area contributed by atoms with Gasteiger partial charge in [-0.3, -0.25) is 4.57 Å². The highest BCUT2D eigenvalue weighted by atomic mass is 16.5. The van der Waals surface area contributed by atoms with Crippen LogP contribution in [0.2, 0.25) is 0 Å². The Kier molecular flexibility index (Phi) is 2.53. The van der Waals surface area contributed by atoms with Crippen molar-refractivity contribution in [3.05, 3.63) is 11.1 Å². The van der Waals surface area contributed by atoms with Gasteiger partial charge in [-0.25, -0.2) is 0 Å². The van der Waals surface area contributed by atoms with Gasteiger partial charge in [-0.1, -0.05) is 0 Å². The Bertz CT molecular complexity index is 447. The van der Waals surface area contributed by atoms with E-state index in [-0.39, 0.29) is 24.9 Å². The van der Waals surface area contributed by atoms with Crippen molar-refractivity contribution in [2.45, 2.75) is 37.4 Å². The minimum atomic E-state index is -1.10. The molecule has 0 radical (unpaired) electrons. The van der Waals surface area contributed by atoms with Gasteiger partial charge in [0.1, 0.15) is 24.4 Å². The predicted octanol–water partition coefficient (Wildman–Crippen LogP) is -0.871. The zero-order valence-corrected chi connectivity index (χ0v) is 9.52. The molecule has 0 amide bonds. The summed E-state index contributed by atoms with van der Waals surface area (Å²) in [6.07, 6.45) is -3.42. The van der Waals surface area contributed by atoms with Crippen molar-refractivity contribution in [1.82, 2.24) is 4.57 Å². The number of ether oxygens (including phenoxy) is 1. The molecule has 100 valence electrons. The Morgan fingerprint density at radius 1 is 1.00 bits per heavy atom. The van der Waals surface area contributed by atoms with Crippen LogP contribution in [-0.2, 0) is 11.3 Å². The summed E-state index contributed by atoms with van der Waals surface area (Å²) in [5.41, 5.74) is 0.682. The van der Waals surface area contributed by atoms with Gasteiger partial charge in [0.05, 0.1) is 11.1 Å². The summed E-state index contributed by atoms with van der Waals surface area (Å²) in [4.78, 5) is 0. The van der Waals surface area contributed by atoms with Gasteiger partial charge in [0.2, 0.25) is 0 Å². The molecular weight excluding hydrogens is 242 g/mol. The zero-order chi connectivity index (χ0) is 13.0. The molecule has 7 heteroatoms. The topological polar surface area (TPSA) is 115 Å². The fourth-order valence-electron chi connectivity index (χ4n) is 2.79. The van der Waals surface area contributed by atoms with Crippen molar-refractivity contribution in [2.75, 3.05) is 6.61 Å². The average Bonchev–Trinajstić information content (AvgIpc) is 2.94. The van der Waals surface area contributed by atoms with Gasteiger partial charge in [-0.2, -0.15) is 0 Å². The van der Waals surface area contributed by atoms with Crippen LogP contribution in [0.15, 0.2) is 0 Å². The largest absolute Gasteiger partial charge is 0.494 e. The molecule has 4 atom stereocenters. The molecule has 1 aromatic heterocycles. The van der Waals surface area contributed by atoms with Gasteiger partial charge in [0.25, 0.3) is 0 Å². The first-order chi connectivity index (χ1) is 8.57. The fourth-order valence-corrected chi connectivity index (χ4v) is 2.79. The first-order valence-electron chi connectivity index (χ1n) is 5.84. The monoisotopic (exact) mass is 257 g/mol. The average molecular weight is 257 g/mol. The molecule has 3 rings (SSSR count). The molecule has 0 saturated carbocycles. The van der Waals surface area contributed by atoms with E-state index in [0.29, 0.717) is 17.5 Å². The van der Waals surface area contributed by atoms with Gasteiger partial charge in [-0.05, 0) is 6.42 Å². The van der Waals surface area contributed by atoms with E-state index in [4.69, 9.17) is 9.84 Å². The normalized spacial score (nSPS) is 33.1. The lowest BCUT2D eigenvalue weighted by molar-refractivity contribution is 0.0211. The number of aliphatic hydroxyl groups excluding tert-OH is 3. The molecule has 18 heavy (non-hydrogen) atoms. The lowest BCUT2D eigenvalue weighted by atomic mass is 9.90. The summed E-state index contributed by atoms with van der Waals surface area (Å²) >= 11 is 0. The lowest BCUT2D eigenvalue weighted by Crippen LogP contribution is -2.30. The van der Waals surface area contributed by atoms with Gasteiger partial charge in [-0.15, -0.1) is 0 Å². The predicted molar refractivity (Wildman–Crippen MR) is 58.0 cm³/mol. The lowest BCUT2D eigenvalue weighted by Gasteiger charge is -2.18. The number of aliphatic hydroxyl groups is 3. The maximum Gasteiger partial charge on any atom is 0.200 e. The number of rotatable bonds is 3. The molecule has 2 unspecified atom stereocenters. The van der Waals surface area contributed by atoms with Crippen molar-refractivity contribution < 1.29 is 30.3 Å². The molecule has 0 spiro atoms. The highest BCUT2D eigenvalue weighted by Crippen LogP contribution is 2.57. The van der Waals surface area contributed by atoms with Gasteiger partial charge < -0.3 is 30.3 Å². The smallest absolute Gasteiger partial charge is 0.200 e. The van der Waals surface area contributed by atoms with E-state index in [0.717, 1.165) is 0 Å². The highest BCUT2D eigenvalue weighted by molar-refractivity contribution is 5.53. The molecule has 1 aromatic rings. The molecule has 3 heterocycles. The van der Waals surface area contributed by atoms with Crippen LogP contribution in [-0.4, -0.2) is 48.9 Å². The number of nitrogens with zero attached hydrogens (tertiary/aromatic N) is 1. The van der Waals surface area contributed by atoms with Crippen molar-refractivity contribution in [2.24, 2.45) is 0 Å². The van der Waals surface area contributed by atoms with Gasteiger partial charge in [0, 0.05) is 13.2 Å². The molecule has 2 bridgehead atoms. The second kappa shape index (κ2) is 3.86. The van der Waals surface area contributed by atoms with E-state index < -0.39 is 24.4 Å². The molecule has 1 saturated heterocycles. The van der Waals surface area contributed by atoms with Crippen molar-refractivity contribution in [3.8, 4) is 11.8 Å². The molecule has 2 aliphatic heterocycles. The van der Waals surface area contributed by atoms with Crippen molar-refractivity contribution >= 4 is 0 Å². The Balaban J connectivity index is 2.05. The fraction of sp³-hybridized carbons (Fsp3) is 0.636. The third-order valence-corrected chi connectivity index (χ3v) is 3.66. The minimum Gasteiger partial charge on any atom is -0.494 e. The molecule has 1 fully saturated rings. The van der Waals surface area contributed by atoms with Crippen molar-refractivity contribution in [3.63, 3.8) is 0 Å². The van der Waals surface area contributed by atoms with Crippen LogP contribution in [0.5, 0.6) is 11.8 Å². The summed E-state index contributed by atoms with van der Waals surface area (Å²) in [6, 6.07) is 0. The first kappa shape index (κ1) is 11.8. The second-order valence-corrected chi connectivity index (χ2v) is 4.66. The summed E-state index contributed by atoms with van der Waals surface area (Å²) in [7, 11) is 0. The van der Waals surface area contributed by atoms with Crippen LogP contribution in [0.3, 0.4) is 0 Å². The number of aromatic nitrogens is 1. The van der Waals surface area contributed by atoms with Crippen LogP contribution in [0.25, 0.3) is 0 Å². The van der Waals surface area contributed by atoms with E-state index in [1.807, 2.05) is 0 Å². The molecule has 2 aliphatic rings. The van der Waals surface area contributed by atoms with Crippen LogP contribution >= 0.6 is 0 Å². The zero-order valence-electron chi connectivity index (χ0n) is 9.52. The molecule has 7 nitrogen and oxygen atoms in total. The maximum atomic E-state index is 10.0. The highest BCUT2D eigenvalue weighted by Gasteiger charge is 2.55. The summed E-state index contributed by atoms with van der Waals surface area (Å²) in [6.45, 7) is 0.198.